The number of amides is 1. The average Bonchev–Trinajstić information content (AvgIpc) is 3.52. The molecule has 1 aromatic heterocycles. The number of aromatic nitrogens is 1. The molecular weight excluding hydrogens is 518 g/mol. The predicted octanol–water partition coefficient (Wildman–Crippen LogP) is 4.53. The Morgan fingerprint density at radius 1 is 1.14 bits per heavy atom. The molecule has 0 radical (unpaired) electrons. The Balaban J connectivity index is 1.53. The summed E-state index contributed by atoms with van der Waals surface area (Å²) < 4.78 is 30.4. The molecule has 192 valence electrons. The molecule has 1 saturated carbocycles. The third kappa shape index (κ3) is 5.17. The molecule has 0 atom stereocenters. The van der Waals surface area contributed by atoms with Gasteiger partial charge in [-0.2, -0.15) is 0 Å². The highest BCUT2D eigenvalue weighted by Crippen LogP contribution is 2.44. The normalized spacial score (nSPS) is 18.5. The quantitative estimate of drug-likeness (QED) is 0.432. The van der Waals surface area contributed by atoms with Gasteiger partial charge in [-0.15, -0.1) is 0 Å². The van der Waals surface area contributed by atoms with Gasteiger partial charge in [0.15, 0.2) is 15.0 Å². The number of carbonyl (C=O) groups excluding carboxylic acids is 1. The number of morpholine rings is 1. The Morgan fingerprint density at radius 3 is 2.50 bits per heavy atom. The monoisotopic (exact) mass is 547 g/mol. The maximum Gasteiger partial charge on any atom is 0.239 e. The molecule has 1 aliphatic heterocycles. The fourth-order valence-electron chi connectivity index (χ4n) is 5.22. The Morgan fingerprint density at radius 2 is 1.83 bits per heavy atom. The second-order valence-electron chi connectivity index (χ2n) is 9.61. The zero-order chi connectivity index (χ0) is 25.3. The van der Waals surface area contributed by atoms with Gasteiger partial charge < -0.3 is 4.74 Å². The van der Waals surface area contributed by atoms with E-state index in [4.69, 9.17) is 21.3 Å². The molecule has 1 saturated heterocycles. The first kappa shape index (κ1) is 25.6. The zero-order valence-electron chi connectivity index (χ0n) is 20.3. The van der Waals surface area contributed by atoms with Crippen molar-refractivity contribution in [2.75, 3.05) is 50.5 Å². The summed E-state index contributed by atoms with van der Waals surface area (Å²) in [5.74, 6) is 0.0537. The number of rotatable bonds is 7. The van der Waals surface area contributed by atoms with Crippen molar-refractivity contribution in [3.8, 4) is 0 Å². The van der Waals surface area contributed by atoms with E-state index < -0.39 is 15.3 Å². The van der Waals surface area contributed by atoms with Crippen LogP contribution < -0.4 is 4.90 Å². The Kier molecular flexibility index (Phi) is 7.38. The molecule has 0 spiro atoms. The summed E-state index contributed by atoms with van der Waals surface area (Å²) in [5, 5.41) is 1.26. The van der Waals surface area contributed by atoms with E-state index in [9.17, 15) is 13.2 Å². The molecule has 36 heavy (non-hydrogen) atoms. The lowest BCUT2D eigenvalue weighted by Gasteiger charge is -2.35. The highest BCUT2D eigenvalue weighted by atomic mass is 35.5. The van der Waals surface area contributed by atoms with Crippen molar-refractivity contribution in [1.29, 1.82) is 0 Å². The number of halogens is 1. The standard InChI is InChI=1S/C26H30ClN3O4S2/c1-36(32,33)21-8-9-22-23(18-21)35-25(28-22)30(13-12-29-14-16-34-17-15-29)24(31)26(10-2-3-11-26)19-4-6-20(27)7-5-19/h4-9,18H,2-3,10-17H2,1H3. The molecule has 0 bridgehead atoms. The third-order valence-electron chi connectivity index (χ3n) is 7.26. The number of anilines is 1. The topological polar surface area (TPSA) is 79.8 Å². The summed E-state index contributed by atoms with van der Waals surface area (Å²) in [7, 11) is -3.34. The molecule has 0 unspecified atom stereocenters. The molecule has 2 aromatic carbocycles. The van der Waals surface area contributed by atoms with Gasteiger partial charge in [0, 0.05) is 37.5 Å². The van der Waals surface area contributed by atoms with Crippen LogP contribution in [0.15, 0.2) is 47.4 Å². The van der Waals surface area contributed by atoms with E-state index in [1.54, 1.807) is 18.2 Å². The highest BCUT2D eigenvalue weighted by Gasteiger charge is 2.46. The predicted molar refractivity (Wildman–Crippen MR) is 144 cm³/mol. The van der Waals surface area contributed by atoms with Crippen LogP contribution in [0.2, 0.25) is 5.02 Å². The maximum atomic E-state index is 14.4. The molecule has 5 rings (SSSR count). The SMILES string of the molecule is CS(=O)(=O)c1ccc2nc(N(CCN3CCOCC3)C(=O)C3(c4ccc(Cl)cc4)CCCC3)sc2c1. The summed E-state index contributed by atoms with van der Waals surface area (Å²) in [6.07, 6.45) is 4.74. The van der Waals surface area contributed by atoms with Crippen molar-refractivity contribution in [1.82, 2.24) is 9.88 Å². The van der Waals surface area contributed by atoms with Gasteiger partial charge in [-0.05, 0) is 48.7 Å². The number of carbonyl (C=O) groups is 1. The van der Waals surface area contributed by atoms with Gasteiger partial charge in [0.25, 0.3) is 0 Å². The van der Waals surface area contributed by atoms with Crippen molar-refractivity contribution in [3.05, 3.63) is 53.1 Å². The minimum atomic E-state index is -3.34. The van der Waals surface area contributed by atoms with Crippen LogP contribution >= 0.6 is 22.9 Å². The van der Waals surface area contributed by atoms with Crippen molar-refractivity contribution >= 4 is 54.0 Å². The fraction of sp³-hybridized carbons (Fsp3) is 0.462. The van der Waals surface area contributed by atoms with E-state index in [0.717, 1.165) is 55.6 Å². The zero-order valence-corrected chi connectivity index (χ0v) is 22.7. The van der Waals surface area contributed by atoms with Gasteiger partial charge in [0.1, 0.15) is 0 Å². The van der Waals surface area contributed by atoms with Crippen LogP contribution in [0.4, 0.5) is 5.13 Å². The van der Waals surface area contributed by atoms with Crippen LogP contribution in [-0.2, 0) is 24.8 Å². The van der Waals surface area contributed by atoms with Gasteiger partial charge in [-0.3, -0.25) is 14.6 Å². The molecule has 1 aliphatic carbocycles. The van der Waals surface area contributed by atoms with Crippen LogP contribution in [0.3, 0.4) is 0 Å². The molecule has 7 nitrogen and oxygen atoms in total. The molecular formula is C26H30ClN3O4S2. The van der Waals surface area contributed by atoms with Gasteiger partial charge in [0.2, 0.25) is 5.91 Å². The van der Waals surface area contributed by atoms with Crippen LogP contribution in [0, 0.1) is 0 Å². The first-order valence-corrected chi connectivity index (χ1v) is 15.3. The largest absolute Gasteiger partial charge is 0.379 e. The van der Waals surface area contributed by atoms with Crippen LogP contribution in [-0.4, -0.2) is 69.9 Å². The van der Waals surface area contributed by atoms with Gasteiger partial charge in [-0.25, -0.2) is 13.4 Å². The van der Waals surface area contributed by atoms with E-state index in [0.29, 0.717) is 35.4 Å². The number of nitrogens with zero attached hydrogens (tertiary/aromatic N) is 3. The number of fused-ring (bicyclic) bond motifs is 1. The Labute approximate surface area is 220 Å². The van der Waals surface area contributed by atoms with Gasteiger partial charge >= 0.3 is 0 Å². The minimum absolute atomic E-state index is 0.0537. The Bertz CT molecular complexity index is 1350. The van der Waals surface area contributed by atoms with Crippen LogP contribution in [0.5, 0.6) is 0 Å². The number of benzene rings is 2. The molecule has 1 amide bonds. The average molecular weight is 548 g/mol. The summed E-state index contributed by atoms with van der Waals surface area (Å²) >= 11 is 7.54. The van der Waals surface area contributed by atoms with Crippen molar-refractivity contribution in [3.63, 3.8) is 0 Å². The third-order valence-corrected chi connectivity index (χ3v) is 9.66. The van der Waals surface area contributed by atoms with Gasteiger partial charge in [0.05, 0.1) is 33.7 Å². The maximum absolute atomic E-state index is 14.4. The molecule has 2 fully saturated rings. The number of thiazole rings is 1. The Hall–Kier alpha value is -2.04. The lowest BCUT2D eigenvalue weighted by Crippen LogP contribution is -2.49. The van der Waals surface area contributed by atoms with E-state index in [-0.39, 0.29) is 10.8 Å². The summed E-state index contributed by atoms with van der Waals surface area (Å²) in [5.41, 5.74) is 1.07. The van der Waals surface area contributed by atoms with Crippen molar-refractivity contribution in [2.45, 2.75) is 36.0 Å². The van der Waals surface area contributed by atoms with E-state index in [1.165, 1.54) is 17.6 Å². The smallest absolute Gasteiger partial charge is 0.239 e. The lowest BCUT2D eigenvalue weighted by molar-refractivity contribution is -0.124. The van der Waals surface area contributed by atoms with E-state index >= 15 is 0 Å². The molecule has 2 heterocycles. The summed E-state index contributed by atoms with van der Waals surface area (Å²) in [6, 6.07) is 12.6. The van der Waals surface area contributed by atoms with E-state index in [1.807, 2.05) is 29.2 Å². The number of sulfone groups is 1. The van der Waals surface area contributed by atoms with Crippen molar-refractivity contribution < 1.29 is 17.9 Å². The molecule has 10 heteroatoms. The first-order chi connectivity index (χ1) is 17.3. The van der Waals surface area contributed by atoms with Crippen LogP contribution in [0.25, 0.3) is 10.2 Å². The lowest BCUT2D eigenvalue weighted by atomic mass is 9.77. The number of ether oxygens (including phenoxy) is 1. The molecule has 3 aromatic rings. The number of hydrogen-bond acceptors (Lipinski definition) is 7. The minimum Gasteiger partial charge on any atom is -0.379 e. The second-order valence-corrected chi connectivity index (χ2v) is 13.1. The van der Waals surface area contributed by atoms with Crippen LogP contribution in [0.1, 0.15) is 31.2 Å². The van der Waals surface area contributed by atoms with Crippen molar-refractivity contribution in [2.24, 2.45) is 0 Å². The number of hydrogen-bond donors (Lipinski definition) is 0. The molecule has 0 N–H and O–H groups in total. The summed E-state index contributed by atoms with van der Waals surface area (Å²) in [6.45, 7) is 4.28. The summed E-state index contributed by atoms with van der Waals surface area (Å²) in [4.78, 5) is 23.6. The van der Waals surface area contributed by atoms with Gasteiger partial charge in [-0.1, -0.05) is 47.9 Å². The highest BCUT2D eigenvalue weighted by molar-refractivity contribution is 7.90. The van der Waals surface area contributed by atoms with E-state index in [2.05, 4.69) is 4.90 Å². The molecule has 2 aliphatic rings. The second kappa shape index (κ2) is 10.4. The fourth-order valence-corrected chi connectivity index (χ4v) is 7.10. The first-order valence-electron chi connectivity index (χ1n) is 12.3.